The largest absolute Gasteiger partial charge is 0.462 e. The standard InChI is InChI=1S/C27H27NO2/c1-2-18-27(19-22-12-6-3-7-13-22)26(29)30-21-25(24-16-10-5-11-17-24)28(27)20-23-14-8-4-9-15-23/h2-17,25H,1,18-21H2/t25-,27-/m0/s1. The lowest BCUT2D eigenvalue weighted by Crippen LogP contribution is -2.61. The van der Waals surface area contributed by atoms with Crippen LogP contribution in [0.25, 0.3) is 0 Å². The van der Waals surface area contributed by atoms with E-state index in [1.165, 1.54) is 5.56 Å². The van der Waals surface area contributed by atoms with Crippen LogP contribution in [0.4, 0.5) is 0 Å². The average Bonchev–Trinajstić information content (AvgIpc) is 2.79. The smallest absolute Gasteiger partial charge is 0.327 e. The molecule has 0 aromatic heterocycles. The first-order valence-corrected chi connectivity index (χ1v) is 10.4. The highest BCUT2D eigenvalue weighted by Gasteiger charge is 2.51. The fourth-order valence-electron chi connectivity index (χ4n) is 4.41. The van der Waals surface area contributed by atoms with Gasteiger partial charge in [-0.2, -0.15) is 0 Å². The van der Waals surface area contributed by atoms with Crippen LogP contribution in [-0.2, 0) is 22.5 Å². The van der Waals surface area contributed by atoms with Gasteiger partial charge in [-0.25, -0.2) is 0 Å². The minimum absolute atomic E-state index is 0.0206. The maximum absolute atomic E-state index is 13.4. The first-order valence-electron chi connectivity index (χ1n) is 10.4. The summed E-state index contributed by atoms with van der Waals surface area (Å²) in [6, 6.07) is 30.8. The van der Waals surface area contributed by atoms with Crippen LogP contribution in [0.3, 0.4) is 0 Å². The maximum Gasteiger partial charge on any atom is 0.327 e. The molecule has 0 radical (unpaired) electrons. The zero-order chi connectivity index (χ0) is 20.8. The van der Waals surface area contributed by atoms with Crippen LogP contribution in [0.5, 0.6) is 0 Å². The fraction of sp³-hybridized carbons (Fsp3) is 0.222. The van der Waals surface area contributed by atoms with Gasteiger partial charge in [0.15, 0.2) is 0 Å². The van der Waals surface area contributed by atoms with Gasteiger partial charge in [-0.15, -0.1) is 6.58 Å². The van der Waals surface area contributed by atoms with Crippen molar-refractivity contribution in [2.75, 3.05) is 6.61 Å². The quantitative estimate of drug-likeness (QED) is 0.398. The second-order valence-electron chi connectivity index (χ2n) is 7.83. The number of ether oxygens (including phenoxy) is 1. The zero-order valence-corrected chi connectivity index (χ0v) is 17.1. The van der Waals surface area contributed by atoms with Crippen LogP contribution < -0.4 is 0 Å². The van der Waals surface area contributed by atoms with Crippen LogP contribution in [0.2, 0.25) is 0 Å². The van der Waals surface area contributed by atoms with Crippen LogP contribution in [0.15, 0.2) is 104 Å². The number of esters is 1. The lowest BCUT2D eigenvalue weighted by molar-refractivity contribution is -0.177. The molecule has 1 saturated heterocycles. The van der Waals surface area contributed by atoms with Crippen LogP contribution in [0.1, 0.15) is 29.2 Å². The summed E-state index contributed by atoms with van der Waals surface area (Å²) < 4.78 is 5.83. The first kappa shape index (κ1) is 20.1. The Balaban J connectivity index is 1.81. The molecule has 3 nitrogen and oxygen atoms in total. The lowest BCUT2D eigenvalue weighted by atomic mass is 9.81. The Kier molecular flexibility index (Phi) is 6.10. The molecule has 1 aliphatic heterocycles. The molecule has 1 heterocycles. The van der Waals surface area contributed by atoms with Crippen molar-refractivity contribution in [1.29, 1.82) is 0 Å². The summed E-state index contributed by atoms with van der Waals surface area (Å²) in [5.74, 6) is -0.172. The molecule has 3 aromatic carbocycles. The Bertz CT molecular complexity index is 972. The van der Waals surface area contributed by atoms with Gasteiger partial charge < -0.3 is 4.74 Å². The van der Waals surface area contributed by atoms with Gasteiger partial charge in [-0.3, -0.25) is 9.69 Å². The Morgan fingerprint density at radius 1 is 0.900 bits per heavy atom. The van der Waals surface area contributed by atoms with E-state index < -0.39 is 5.54 Å². The fourth-order valence-corrected chi connectivity index (χ4v) is 4.41. The van der Waals surface area contributed by atoms with Crippen molar-refractivity contribution in [3.05, 3.63) is 120 Å². The lowest BCUT2D eigenvalue weighted by Gasteiger charge is -2.49. The number of carbonyl (C=O) groups is 1. The van der Waals surface area contributed by atoms with Crippen LogP contribution in [-0.4, -0.2) is 23.0 Å². The van der Waals surface area contributed by atoms with E-state index in [2.05, 4.69) is 47.9 Å². The summed E-state index contributed by atoms with van der Waals surface area (Å²) in [6.07, 6.45) is 2.95. The molecule has 0 unspecified atom stereocenters. The summed E-state index contributed by atoms with van der Waals surface area (Å²) in [4.78, 5) is 15.7. The molecule has 1 aliphatic rings. The van der Waals surface area contributed by atoms with E-state index in [4.69, 9.17) is 4.74 Å². The number of benzene rings is 3. The van der Waals surface area contributed by atoms with E-state index in [1.54, 1.807) is 0 Å². The maximum atomic E-state index is 13.4. The number of cyclic esters (lactones) is 1. The number of morpholine rings is 1. The monoisotopic (exact) mass is 397 g/mol. The predicted molar refractivity (Wildman–Crippen MR) is 120 cm³/mol. The van der Waals surface area contributed by atoms with Crippen molar-refractivity contribution < 1.29 is 9.53 Å². The molecule has 0 spiro atoms. The number of hydrogen-bond acceptors (Lipinski definition) is 3. The third kappa shape index (κ3) is 4.07. The molecule has 2 atom stereocenters. The minimum atomic E-state index is -0.808. The van der Waals surface area contributed by atoms with Crippen molar-refractivity contribution in [2.24, 2.45) is 0 Å². The molecule has 3 aromatic rings. The second kappa shape index (κ2) is 9.10. The van der Waals surface area contributed by atoms with Gasteiger partial charge in [0.2, 0.25) is 0 Å². The Morgan fingerprint density at radius 2 is 1.47 bits per heavy atom. The number of nitrogens with zero attached hydrogens (tertiary/aromatic N) is 1. The van der Waals surface area contributed by atoms with Gasteiger partial charge in [0, 0.05) is 13.0 Å². The van der Waals surface area contributed by atoms with E-state index >= 15 is 0 Å². The number of carbonyl (C=O) groups excluding carboxylic acids is 1. The van der Waals surface area contributed by atoms with Gasteiger partial charge in [-0.1, -0.05) is 97.1 Å². The average molecular weight is 398 g/mol. The zero-order valence-electron chi connectivity index (χ0n) is 17.1. The Hall–Kier alpha value is -3.17. The first-order chi connectivity index (χ1) is 14.7. The van der Waals surface area contributed by atoms with E-state index in [9.17, 15) is 4.79 Å². The summed E-state index contributed by atoms with van der Waals surface area (Å²) in [5.41, 5.74) is 2.64. The second-order valence-corrected chi connectivity index (χ2v) is 7.83. The molecule has 0 N–H and O–H groups in total. The molecule has 3 heteroatoms. The van der Waals surface area contributed by atoms with E-state index in [0.717, 1.165) is 11.1 Å². The minimum Gasteiger partial charge on any atom is -0.462 e. The van der Waals surface area contributed by atoms with Gasteiger partial charge in [0.05, 0.1) is 6.04 Å². The van der Waals surface area contributed by atoms with Crippen molar-refractivity contribution in [3.63, 3.8) is 0 Å². The van der Waals surface area contributed by atoms with Crippen molar-refractivity contribution in [2.45, 2.75) is 31.0 Å². The molecule has 0 aliphatic carbocycles. The third-order valence-electron chi connectivity index (χ3n) is 5.88. The van der Waals surface area contributed by atoms with Crippen LogP contribution >= 0.6 is 0 Å². The SMILES string of the molecule is C=CC[C@]1(Cc2ccccc2)C(=O)OC[C@@H](c2ccccc2)N1Cc1ccccc1. The molecule has 30 heavy (non-hydrogen) atoms. The van der Waals surface area contributed by atoms with Crippen molar-refractivity contribution in [1.82, 2.24) is 4.90 Å². The topological polar surface area (TPSA) is 29.5 Å². The predicted octanol–water partition coefficient (Wildman–Crippen LogP) is 5.34. The summed E-state index contributed by atoms with van der Waals surface area (Å²) >= 11 is 0. The summed E-state index contributed by atoms with van der Waals surface area (Å²) in [5, 5.41) is 0. The number of rotatable bonds is 7. The van der Waals surface area contributed by atoms with Gasteiger partial charge in [0.1, 0.15) is 12.1 Å². The normalized spacial score (nSPS) is 21.7. The molecular formula is C27H27NO2. The molecule has 0 bridgehead atoms. The molecule has 0 amide bonds. The summed E-state index contributed by atoms with van der Waals surface area (Å²) in [6.45, 7) is 4.99. The summed E-state index contributed by atoms with van der Waals surface area (Å²) in [7, 11) is 0. The van der Waals surface area contributed by atoms with Gasteiger partial charge >= 0.3 is 5.97 Å². The van der Waals surface area contributed by atoms with E-state index in [-0.39, 0.29) is 12.0 Å². The van der Waals surface area contributed by atoms with Crippen molar-refractivity contribution in [3.8, 4) is 0 Å². The Labute approximate surface area is 178 Å². The van der Waals surface area contributed by atoms with E-state index in [0.29, 0.717) is 26.0 Å². The molecule has 152 valence electrons. The highest BCUT2D eigenvalue weighted by Crippen LogP contribution is 2.40. The highest BCUT2D eigenvalue weighted by molar-refractivity contribution is 5.82. The number of hydrogen-bond donors (Lipinski definition) is 0. The molecule has 4 rings (SSSR count). The molecular weight excluding hydrogens is 370 g/mol. The molecule has 1 fully saturated rings. The highest BCUT2D eigenvalue weighted by atomic mass is 16.5. The van der Waals surface area contributed by atoms with Gasteiger partial charge in [-0.05, 0) is 23.1 Å². The van der Waals surface area contributed by atoms with Gasteiger partial charge in [0.25, 0.3) is 0 Å². The van der Waals surface area contributed by atoms with E-state index in [1.807, 2.05) is 60.7 Å². The molecule has 0 saturated carbocycles. The third-order valence-corrected chi connectivity index (χ3v) is 5.88. The Morgan fingerprint density at radius 3 is 2.07 bits per heavy atom. The van der Waals surface area contributed by atoms with Crippen molar-refractivity contribution >= 4 is 5.97 Å². The van der Waals surface area contributed by atoms with Crippen LogP contribution in [0, 0.1) is 0 Å².